The van der Waals surface area contributed by atoms with Crippen molar-refractivity contribution in [3.63, 3.8) is 0 Å². The van der Waals surface area contributed by atoms with Gasteiger partial charge in [0.15, 0.2) is 5.76 Å². The molecule has 224 valence electrons. The summed E-state index contributed by atoms with van der Waals surface area (Å²) in [6.45, 7) is 5.45. The van der Waals surface area contributed by atoms with E-state index in [2.05, 4.69) is 0 Å². The smallest absolute Gasteiger partial charge is 0.374 e. The summed E-state index contributed by atoms with van der Waals surface area (Å²) >= 11 is 6.38. The summed E-state index contributed by atoms with van der Waals surface area (Å²) in [5, 5.41) is 0.850. The van der Waals surface area contributed by atoms with Crippen LogP contribution in [0.4, 0.5) is 5.69 Å². The molecule has 3 aromatic heterocycles. The molecule has 10 nitrogen and oxygen atoms in total. The average molecular weight is 625 g/mol. The van der Waals surface area contributed by atoms with E-state index in [0.29, 0.717) is 38.6 Å². The molecular formula is C31H29ClN2O8S. The quantitative estimate of drug-likeness (QED) is 0.147. The second kappa shape index (κ2) is 12.4. The van der Waals surface area contributed by atoms with Gasteiger partial charge in [-0.15, -0.1) is 0 Å². The van der Waals surface area contributed by atoms with Crippen LogP contribution in [0, 0.1) is 6.92 Å². The molecule has 3 heterocycles. The molecule has 5 rings (SSSR count). The number of carbonyl (C=O) groups excluding carboxylic acids is 2. The third-order valence-electron chi connectivity index (χ3n) is 6.86. The van der Waals surface area contributed by atoms with Gasteiger partial charge < -0.3 is 22.9 Å². The Morgan fingerprint density at radius 2 is 1.72 bits per heavy atom. The van der Waals surface area contributed by atoms with Gasteiger partial charge in [0.05, 0.1) is 36.3 Å². The lowest BCUT2D eigenvalue weighted by Gasteiger charge is -2.28. The van der Waals surface area contributed by atoms with Gasteiger partial charge in [0, 0.05) is 29.1 Å². The Labute approximate surface area is 253 Å². The van der Waals surface area contributed by atoms with Gasteiger partial charge in [-0.3, -0.25) is 9.10 Å². The van der Waals surface area contributed by atoms with Crippen molar-refractivity contribution in [2.75, 3.05) is 17.5 Å². The third-order valence-corrected chi connectivity index (χ3v) is 8.98. The lowest BCUT2D eigenvalue weighted by Crippen LogP contribution is -2.34. The van der Waals surface area contributed by atoms with E-state index in [-0.39, 0.29) is 42.7 Å². The van der Waals surface area contributed by atoms with E-state index in [1.807, 2.05) is 0 Å². The minimum absolute atomic E-state index is 0.00108. The van der Waals surface area contributed by atoms with E-state index >= 15 is 0 Å². The Morgan fingerprint density at radius 1 is 0.953 bits per heavy atom. The Bertz CT molecular complexity index is 1860. The number of nitrogens with zero attached hydrogens (tertiary/aromatic N) is 2. The maximum Gasteiger partial charge on any atom is 0.374 e. The van der Waals surface area contributed by atoms with Gasteiger partial charge in [0.1, 0.15) is 11.3 Å². The maximum atomic E-state index is 14.1. The lowest BCUT2D eigenvalue weighted by molar-refractivity contribution is 0.0491. The normalized spacial score (nSPS) is 11.5. The van der Waals surface area contributed by atoms with Crippen LogP contribution in [-0.4, -0.2) is 38.3 Å². The standard InChI is InChI=1S/C31H29ClN2O8S/c1-4-34(43(37,38)24-11-13-27-25(17-24)20(3)29(42-27)31(36)39-5-2)26-12-10-22(32)16-21(26)18-33(19-23-8-6-14-40-23)30(35)28-9-7-15-41-28/h6-17H,4-5,18-19H2,1-3H3. The molecule has 0 radical (unpaired) electrons. The second-order valence-electron chi connectivity index (χ2n) is 9.60. The minimum atomic E-state index is -4.13. The highest BCUT2D eigenvalue weighted by Crippen LogP contribution is 2.34. The number of fused-ring (bicyclic) bond motifs is 1. The predicted molar refractivity (Wildman–Crippen MR) is 160 cm³/mol. The van der Waals surface area contributed by atoms with E-state index < -0.39 is 21.9 Å². The Balaban J connectivity index is 1.54. The van der Waals surface area contributed by atoms with Crippen LogP contribution in [-0.2, 0) is 27.8 Å². The largest absolute Gasteiger partial charge is 0.467 e. The van der Waals surface area contributed by atoms with E-state index in [1.165, 1.54) is 39.9 Å². The highest BCUT2D eigenvalue weighted by atomic mass is 35.5. The lowest BCUT2D eigenvalue weighted by atomic mass is 10.1. The molecule has 0 aliphatic heterocycles. The zero-order chi connectivity index (χ0) is 30.7. The van der Waals surface area contributed by atoms with Crippen molar-refractivity contribution in [2.45, 2.75) is 38.8 Å². The van der Waals surface area contributed by atoms with Gasteiger partial charge in [-0.05, 0) is 87.0 Å². The van der Waals surface area contributed by atoms with Crippen molar-refractivity contribution < 1.29 is 36.0 Å². The summed E-state index contributed by atoms with van der Waals surface area (Å²) in [6.07, 6.45) is 2.91. The number of hydrogen-bond acceptors (Lipinski definition) is 8. The second-order valence-corrected chi connectivity index (χ2v) is 11.9. The molecular weight excluding hydrogens is 596 g/mol. The zero-order valence-electron chi connectivity index (χ0n) is 23.7. The first kappa shape index (κ1) is 30.0. The molecule has 0 N–H and O–H groups in total. The number of aryl methyl sites for hydroxylation is 1. The molecule has 43 heavy (non-hydrogen) atoms. The van der Waals surface area contributed by atoms with Crippen molar-refractivity contribution >= 4 is 50.2 Å². The number of halogens is 1. The van der Waals surface area contributed by atoms with E-state index in [4.69, 9.17) is 29.6 Å². The van der Waals surface area contributed by atoms with Gasteiger partial charge in [-0.2, -0.15) is 0 Å². The topological polar surface area (TPSA) is 123 Å². The minimum Gasteiger partial charge on any atom is -0.467 e. The maximum absolute atomic E-state index is 14.1. The van der Waals surface area contributed by atoms with Crippen molar-refractivity contribution in [3.8, 4) is 0 Å². The van der Waals surface area contributed by atoms with Crippen LogP contribution in [0.15, 0.2) is 91.3 Å². The van der Waals surface area contributed by atoms with Crippen LogP contribution < -0.4 is 4.31 Å². The van der Waals surface area contributed by atoms with Crippen molar-refractivity contribution in [3.05, 3.63) is 107 Å². The van der Waals surface area contributed by atoms with Gasteiger partial charge >= 0.3 is 5.97 Å². The molecule has 0 saturated heterocycles. The number of anilines is 1. The van der Waals surface area contributed by atoms with Crippen molar-refractivity contribution in [1.29, 1.82) is 0 Å². The van der Waals surface area contributed by atoms with Crippen LogP contribution in [0.25, 0.3) is 11.0 Å². The van der Waals surface area contributed by atoms with E-state index in [9.17, 15) is 18.0 Å². The first-order valence-electron chi connectivity index (χ1n) is 13.5. The molecule has 0 spiro atoms. The Kier molecular flexibility index (Phi) is 8.65. The van der Waals surface area contributed by atoms with Crippen molar-refractivity contribution in [1.82, 2.24) is 4.90 Å². The Hall–Kier alpha value is -4.48. The number of sulfonamides is 1. The summed E-state index contributed by atoms with van der Waals surface area (Å²) in [5.41, 5.74) is 1.68. The molecule has 0 bridgehead atoms. The zero-order valence-corrected chi connectivity index (χ0v) is 25.3. The first-order chi connectivity index (χ1) is 20.6. The number of esters is 1. The van der Waals surface area contributed by atoms with Gasteiger partial charge in [-0.1, -0.05) is 11.6 Å². The molecule has 2 aromatic carbocycles. The first-order valence-corrected chi connectivity index (χ1v) is 15.3. The number of carbonyl (C=O) groups is 2. The van der Waals surface area contributed by atoms with Gasteiger partial charge in [0.2, 0.25) is 5.76 Å². The fraction of sp³-hybridized carbons (Fsp3) is 0.226. The van der Waals surface area contributed by atoms with Crippen molar-refractivity contribution in [2.24, 2.45) is 0 Å². The highest BCUT2D eigenvalue weighted by molar-refractivity contribution is 7.92. The van der Waals surface area contributed by atoms with Crippen LogP contribution >= 0.6 is 11.6 Å². The van der Waals surface area contributed by atoms with Crippen LogP contribution in [0.2, 0.25) is 5.02 Å². The Morgan fingerprint density at radius 3 is 2.40 bits per heavy atom. The number of amides is 1. The molecule has 0 unspecified atom stereocenters. The summed E-state index contributed by atoms with van der Waals surface area (Å²) in [4.78, 5) is 27.3. The third kappa shape index (κ3) is 6.04. The van der Waals surface area contributed by atoms with E-state index in [0.717, 1.165) is 0 Å². The fourth-order valence-corrected chi connectivity index (χ4v) is 6.56. The average Bonchev–Trinajstić information content (AvgIpc) is 3.76. The van der Waals surface area contributed by atoms with Gasteiger partial charge in [-0.25, -0.2) is 13.2 Å². The van der Waals surface area contributed by atoms with Crippen LogP contribution in [0.3, 0.4) is 0 Å². The number of ether oxygens (including phenoxy) is 1. The molecule has 0 aliphatic rings. The highest BCUT2D eigenvalue weighted by Gasteiger charge is 2.29. The molecule has 1 amide bonds. The fourth-order valence-electron chi connectivity index (χ4n) is 4.82. The summed E-state index contributed by atoms with van der Waals surface area (Å²) in [6, 6.07) is 15.9. The van der Waals surface area contributed by atoms with Crippen LogP contribution in [0.5, 0.6) is 0 Å². The summed E-state index contributed by atoms with van der Waals surface area (Å²) < 4.78 is 51.1. The van der Waals surface area contributed by atoms with E-state index in [1.54, 1.807) is 63.2 Å². The summed E-state index contributed by atoms with van der Waals surface area (Å²) in [7, 11) is -4.13. The molecule has 0 atom stereocenters. The monoisotopic (exact) mass is 624 g/mol. The number of furan rings is 3. The number of rotatable bonds is 11. The SMILES string of the molecule is CCOC(=O)c1oc2ccc(S(=O)(=O)N(CC)c3ccc(Cl)cc3CN(Cc3ccco3)C(=O)c3ccco3)cc2c1C. The molecule has 12 heteroatoms. The van der Waals surface area contributed by atoms with Crippen LogP contribution in [0.1, 0.15) is 51.8 Å². The number of benzene rings is 2. The molecule has 0 fully saturated rings. The molecule has 0 saturated carbocycles. The predicted octanol–water partition coefficient (Wildman–Crippen LogP) is 6.82. The number of hydrogen-bond donors (Lipinski definition) is 0. The van der Waals surface area contributed by atoms with Gasteiger partial charge in [0.25, 0.3) is 15.9 Å². The molecule has 5 aromatic rings. The summed E-state index contributed by atoms with van der Waals surface area (Å²) in [5.74, 6) is -0.339. The molecule has 0 aliphatic carbocycles.